The summed E-state index contributed by atoms with van der Waals surface area (Å²) in [5.74, 6) is -1.84. The fraction of sp³-hybridized carbons (Fsp3) is 0.462. The summed E-state index contributed by atoms with van der Waals surface area (Å²) in [6.07, 6.45) is 3.57. The number of sulfonamides is 1. The van der Waals surface area contributed by atoms with Crippen molar-refractivity contribution in [2.75, 3.05) is 13.1 Å². The Hall–Kier alpha value is -3.45. The second-order valence-electron chi connectivity index (χ2n) is 10.0. The Kier molecular flexibility index (Phi) is 8.60. The maximum Gasteiger partial charge on any atom is 0.387 e. The van der Waals surface area contributed by atoms with Gasteiger partial charge in [-0.15, -0.1) is 0 Å². The third-order valence-electron chi connectivity index (χ3n) is 6.74. The molecule has 2 fully saturated rings. The molecule has 3 heterocycles. The van der Waals surface area contributed by atoms with Crippen LogP contribution in [0.1, 0.15) is 42.6 Å². The van der Waals surface area contributed by atoms with Crippen molar-refractivity contribution in [3.05, 3.63) is 59.9 Å². The Morgan fingerprint density at radius 3 is 2.51 bits per heavy atom. The molecule has 2 aliphatic heterocycles. The maximum atomic E-state index is 13.6. The molecule has 4 rings (SSSR count). The van der Waals surface area contributed by atoms with Crippen molar-refractivity contribution in [3.8, 4) is 5.75 Å². The molecule has 0 bridgehead atoms. The van der Waals surface area contributed by atoms with Crippen LogP contribution in [0.4, 0.5) is 8.78 Å². The Labute approximate surface area is 225 Å². The van der Waals surface area contributed by atoms with Crippen LogP contribution in [-0.2, 0) is 25.4 Å². The van der Waals surface area contributed by atoms with E-state index in [9.17, 15) is 31.6 Å². The number of hydrogen-bond donors (Lipinski definition) is 1. The molecule has 1 N–H and O–H groups in total. The Balaban J connectivity index is 1.48. The molecule has 210 valence electrons. The summed E-state index contributed by atoms with van der Waals surface area (Å²) in [6, 6.07) is 5.76. The molecule has 0 radical (unpaired) electrons. The SMILES string of the molecule is CC(C)CC(NC(=O)c1ccc(OC(F)F)cc1)C(=O)N1CCC2C1C(=O)CN2S(=O)(=O)Cc1cccnc1. The van der Waals surface area contributed by atoms with Gasteiger partial charge in [0, 0.05) is 24.5 Å². The molecule has 2 amide bonds. The number of pyridine rings is 1. The van der Waals surface area contributed by atoms with Gasteiger partial charge < -0.3 is 15.0 Å². The second kappa shape index (κ2) is 11.7. The topological polar surface area (TPSA) is 126 Å². The van der Waals surface area contributed by atoms with Crippen molar-refractivity contribution in [2.24, 2.45) is 5.92 Å². The minimum absolute atomic E-state index is 0.00936. The third kappa shape index (κ3) is 6.59. The van der Waals surface area contributed by atoms with E-state index in [0.717, 1.165) is 0 Å². The number of aromatic nitrogens is 1. The summed E-state index contributed by atoms with van der Waals surface area (Å²) < 4.78 is 56.6. The first-order valence-corrected chi connectivity index (χ1v) is 14.1. The summed E-state index contributed by atoms with van der Waals surface area (Å²) in [6.45, 7) is 0.604. The molecule has 39 heavy (non-hydrogen) atoms. The molecule has 13 heteroatoms. The molecule has 0 saturated carbocycles. The summed E-state index contributed by atoms with van der Waals surface area (Å²) in [5.41, 5.74) is 0.634. The van der Waals surface area contributed by atoms with Crippen LogP contribution < -0.4 is 10.1 Å². The first-order valence-electron chi connectivity index (χ1n) is 12.5. The number of carbonyl (C=O) groups excluding carboxylic acids is 3. The molecule has 2 aromatic rings. The zero-order chi connectivity index (χ0) is 28.3. The Morgan fingerprint density at radius 1 is 1.18 bits per heavy atom. The zero-order valence-electron chi connectivity index (χ0n) is 21.5. The van der Waals surface area contributed by atoms with Crippen LogP contribution in [0, 0.1) is 5.92 Å². The van der Waals surface area contributed by atoms with Crippen LogP contribution in [0.5, 0.6) is 5.75 Å². The van der Waals surface area contributed by atoms with Crippen LogP contribution in [0.25, 0.3) is 0 Å². The van der Waals surface area contributed by atoms with Crippen molar-refractivity contribution in [2.45, 2.75) is 57.2 Å². The van der Waals surface area contributed by atoms with Gasteiger partial charge >= 0.3 is 6.61 Å². The molecule has 2 aliphatic rings. The normalized spacial score (nSPS) is 20.4. The number of amides is 2. The van der Waals surface area contributed by atoms with E-state index in [2.05, 4.69) is 15.0 Å². The highest BCUT2D eigenvalue weighted by Crippen LogP contribution is 2.33. The molecular weight excluding hydrogens is 534 g/mol. The number of nitrogens with zero attached hydrogens (tertiary/aromatic N) is 3. The summed E-state index contributed by atoms with van der Waals surface area (Å²) in [4.78, 5) is 44.9. The number of hydrogen-bond acceptors (Lipinski definition) is 7. The first kappa shape index (κ1) is 28.6. The number of fused-ring (bicyclic) bond motifs is 1. The van der Waals surface area contributed by atoms with E-state index in [1.165, 1.54) is 45.9 Å². The van der Waals surface area contributed by atoms with Gasteiger partial charge in [-0.3, -0.25) is 19.4 Å². The lowest BCUT2D eigenvalue weighted by atomic mass is 10.0. The Morgan fingerprint density at radius 2 is 1.90 bits per heavy atom. The van der Waals surface area contributed by atoms with Gasteiger partial charge in [-0.2, -0.15) is 13.1 Å². The minimum atomic E-state index is -3.85. The number of halogens is 2. The largest absolute Gasteiger partial charge is 0.435 e. The van der Waals surface area contributed by atoms with Crippen molar-refractivity contribution < 1.29 is 36.3 Å². The van der Waals surface area contributed by atoms with Crippen molar-refractivity contribution in [1.29, 1.82) is 0 Å². The predicted octanol–water partition coefficient (Wildman–Crippen LogP) is 2.21. The average molecular weight is 565 g/mol. The van der Waals surface area contributed by atoms with Crippen molar-refractivity contribution in [1.82, 2.24) is 19.5 Å². The van der Waals surface area contributed by atoms with Gasteiger partial charge in [-0.05, 0) is 54.7 Å². The predicted molar refractivity (Wildman–Crippen MR) is 136 cm³/mol. The summed E-state index contributed by atoms with van der Waals surface area (Å²) in [5, 5.41) is 2.70. The van der Waals surface area contributed by atoms with Gasteiger partial charge in [-0.1, -0.05) is 19.9 Å². The van der Waals surface area contributed by atoms with E-state index < -0.39 is 46.6 Å². The van der Waals surface area contributed by atoms with E-state index in [1.807, 2.05) is 13.8 Å². The molecule has 3 atom stereocenters. The highest BCUT2D eigenvalue weighted by atomic mass is 32.2. The molecule has 1 aromatic heterocycles. The first-order chi connectivity index (χ1) is 18.5. The number of Topliss-reactive ketones (excluding diaryl/α,β-unsaturated/α-hetero) is 1. The molecule has 0 spiro atoms. The average Bonchev–Trinajstić information content (AvgIpc) is 3.45. The third-order valence-corrected chi connectivity index (χ3v) is 8.55. The van der Waals surface area contributed by atoms with Crippen molar-refractivity contribution >= 4 is 27.6 Å². The molecular formula is C26H30F2N4O6S. The maximum absolute atomic E-state index is 13.6. The van der Waals surface area contributed by atoms with Crippen LogP contribution in [0.15, 0.2) is 48.8 Å². The van der Waals surface area contributed by atoms with Crippen LogP contribution in [0.2, 0.25) is 0 Å². The number of nitrogens with one attached hydrogen (secondary N) is 1. The number of ether oxygens (including phenoxy) is 1. The monoisotopic (exact) mass is 564 g/mol. The minimum Gasteiger partial charge on any atom is -0.435 e. The number of likely N-dealkylation sites (tertiary alicyclic amines) is 1. The summed E-state index contributed by atoms with van der Waals surface area (Å²) in [7, 11) is -3.85. The zero-order valence-corrected chi connectivity index (χ0v) is 22.3. The molecule has 0 aliphatic carbocycles. The van der Waals surface area contributed by atoms with Crippen LogP contribution in [0.3, 0.4) is 0 Å². The van der Waals surface area contributed by atoms with Crippen LogP contribution >= 0.6 is 0 Å². The lowest BCUT2D eigenvalue weighted by Crippen LogP contribution is -2.53. The van der Waals surface area contributed by atoms with Crippen molar-refractivity contribution in [3.63, 3.8) is 0 Å². The highest BCUT2D eigenvalue weighted by molar-refractivity contribution is 7.88. The molecule has 3 unspecified atom stereocenters. The number of alkyl halides is 2. The van der Waals surface area contributed by atoms with E-state index in [1.54, 1.807) is 12.1 Å². The van der Waals surface area contributed by atoms with E-state index >= 15 is 0 Å². The number of rotatable bonds is 10. The van der Waals surface area contributed by atoms with Gasteiger partial charge in [0.2, 0.25) is 15.9 Å². The van der Waals surface area contributed by atoms with Gasteiger partial charge in [0.15, 0.2) is 5.78 Å². The fourth-order valence-electron chi connectivity index (χ4n) is 5.08. The second-order valence-corrected chi connectivity index (χ2v) is 11.9. The van der Waals surface area contributed by atoms with Gasteiger partial charge in [0.25, 0.3) is 5.91 Å². The van der Waals surface area contributed by atoms with E-state index in [0.29, 0.717) is 12.0 Å². The van der Waals surface area contributed by atoms with Gasteiger partial charge in [-0.25, -0.2) is 8.42 Å². The smallest absolute Gasteiger partial charge is 0.387 e. The Bertz CT molecular complexity index is 1310. The number of ketones is 1. The van der Waals surface area contributed by atoms with Gasteiger partial charge in [0.05, 0.1) is 18.3 Å². The van der Waals surface area contributed by atoms with E-state index in [-0.39, 0.29) is 48.3 Å². The lowest BCUT2D eigenvalue weighted by Gasteiger charge is -2.29. The highest BCUT2D eigenvalue weighted by Gasteiger charge is 2.54. The number of benzene rings is 1. The molecule has 10 nitrogen and oxygen atoms in total. The standard InChI is InChI=1S/C26H30F2N4O6S/c1-16(2)12-20(30-24(34)18-5-7-19(8-6-18)38-26(27)28)25(35)31-11-9-21-23(31)22(33)14-32(21)39(36,37)15-17-4-3-10-29-13-17/h3-8,10,13,16,20-21,23,26H,9,11-12,14-15H2,1-2H3,(H,30,34). The quantitative estimate of drug-likeness (QED) is 0.469. The summed E-state index contributed by atoms with van der Waals surface area (Å²) >= 11 is 0. The number of carbonyl (C=O) groups is 3. The van der Waals surface area contributed by atoms with E-state index in [4.69, 9.17) is 0 Å². The fourth-order valence-corrected chi connectivity index (χ4v) is 6.80. The molecule has 2 saturated heterocycles. The molecule has 1 aromatic carbocycles. The van der Waals surface area contributed by atoms with Crippen LogP contribution in [-0.4, -0.2) is 78.0 Å². The lowest BCUT2D eigenvalue weighted by molar-refractivity contribution is -0.138. The van der Waals surface area contributed by atoms with Gasteiger partial charge in [0.1, 0.15) is 17.8 Å².